The highest BCUT2D eigenvalue weighted by Gasteiger charge is 2.46. The van der Waals surface area contributed by atoms with Gasteiger partial charge in [-0.1, -0.05) is 26.2 Å². The highest BCUT2D eigenvalue weighted by molar-refractivity contribution is 6.06. The van der Waals surface area contributed by atoms with Crippen LogP contribution in [-0.4, -0.2) is 57.9 Å². The van der Waals surface area contributed by atoms with Crippen molar-refractivity contribution in [2.75, 3.05) is 7.05 Å². The number of nitrogens with zero attached hydrogens (tertiary/aromatic N) is 2. The third-order valence-electron chi connectivity index (χ3n) is 4.75. The highest BCUT2D eigenvalue weighted by atomic mass is 16.4. The fourth-order valence-corrected chi connectivity index (χ4v) is 3.53. The number of rotatable bonds is 5. The first-order valence-corrected chi connectivity index (χ1v) is 7.78. The van der Waals surface area contributed by atoms with Crippen LogP contribution in [0.25, 0.3) is 0 Å². The van der Waals surface area contributed by atoms with Crippen LogP contribution in [0.2, 0.25) is 0 Å². The first kappa shape index (κ1) is 15.9. The van der Waals surface area contributed by atoms with Gasteiger partial charge in [0, 0.05) is 6.04 Å². The van der Waals surface area contributed by atoms with Gasteiger partial charge in [0.1, 0.15) is 6.04 Å². The Hall–Kier alpha value is -1.43. The largest absolute Gasteiger partial charge is 0.480 e. The zero-order valence-electron chi connectivity index (χ0n) is 12.7. The van der Waals surface area contributed by atoms with Gasteiger partial charge in [-0.25, -0.2) is 0 Å². The van der Waals surface area contributed by atoms with Crippen LogP contribution in [0.1, 0.15) is 51.9 Å². The lowest BCUT2D eigenvalue weighted by molar-refractivity contribution is -0.146. The van der Waals surface area contributed by atoms with Gasteiger partial charge in [0.2, 0.25) is 11.8 Å². The van der Waals surface area contributed by atoms with E-state index < -0.39 is 18.1 Å². The highest BCUT2D eigenvalue weighted by Crippen LogP contribution is 2.29. The van der Waals surface area contributed by atoms with Gasteiger partial charge in [-0.2, -0.15) is 0 Å². The van der Waals surface area contributed by atoms with Gasteiger partial charge in [-0.15, -0.1) is 0 Å². The van der Waals surface area contributed by atoms with E-state index in [4.69, 9.17) is 0 Å². The molecular formula is C15H24N2O4. The number of carboxylic acid groups (broad SMARTS) is 1. The Morgan fingerprint density at radius 1 is 1.33 bits per heavy atom. The first-order valence-electron chi connectivity index (χ1n) is 7.78. The summed E-state index contributed by atoms with van der Waals surface area (Å²) in [6.45, 7) is 1.77. The third-order valence-corrected chi connectivity index (χ3v) is 4.75. The first-order chi connectivity index (χ1) is 9.97. The lowest BCUT2D eigenvalue weighted by Crippen LogP contribution is -2.49. The predicted octanol–water partition coefficient (Wildman–Crippen LogP) is 1.24. The summed E-state index contributed by atoms with van der Waals surface area (Å²) in [5.74, 6) is -1.31. The molecule has 0 bridgehead atoms. The van der Waals surface area contributed by atoms with Crippen molar-refractivity contribution < 1.29 is 19.5 Å². The van der Waals surface area contributed by atoms with Gasteiger partial charge in [-0.3, -0.25) is 24.2 Å². The quantitative estimate of drug-likeness (QED) is 0.772. The summed E-state index contributed by atoms with van der Waals surface area (Å²) >= 11 is 0. The van der Waals surface area contributed by atoms with Crippen LogP contribution in [0.3, 0.4) is 0 Å². The van der Waals surface area contributed by atoms with E-state index in [1.165, 1.54) is 4.90 Å². The molecule has 2 fully saturated rings. The van der Waals surface area contributed by atoms with E-state index in [9.17, 15) is 19.5 Å². The Labute approximate surface area is 125 Å². The zero-order valence-corrected chi connectivity index (χ0v) is 12.7. The van der Waals surface area contributed by atoms with Crippen LogP contribution in [0.15, 0.2) is 0 Å². The van der Waals surface area contributed by atoms with Crippen LogP contribution < -0.4 is 0 Å². The molecule has 1 saturated heterocycles. The number of likely N-dealkylation sites (tertiary alicyclic amines) is 1. The summed E-state index contributed by atoms with van der Waals surface area (Å²) < 4.78 is 0. The molecule has 1 aliphatic carbocycles. The minimum Gasteiger partial charge on any atom is -0.480 e. The Morgan fingerprint density at radius 2 is 1.95 bits per heavy atom. The molecule has 2 amide bonds. The van der Waals surface area contributed by atoms with Crippen molar-refractivity contribution in [1.29, 1.82) is 0 Å². The van der Waals surface area contributed by atoms with Crippen LogP contribution in [-0.2, 0) is 14.4 Å². The molecule has 118 valence electrons. The molecule has 6 heteroatoms. The number of carbonyl (C=O) groups excluding carboxylic acids is 2. The minimum atomic E-state index is -0.948. The topological polar surface area (TPSA) is 77.9 Å². The van der Waals surface area contributed by atoms with Gasteiger partial charge >= 0.3 is 5.97 Å². The van der Waals surface area contributed by atoms with E-state index in [1.54, 1.807) is 18.9 Å². The van der Waals surface area contributed by atoms with Crippen molar-refractivity contribution in [3.63, 3.8) is 0 Å². The molecule has 2 aliphatic rings. The Morgan fingerprint density at radius 3 is 2.48 bits per heavy atom. The number of imide groups is 1. The molecule has 0 radical (unpaired) electrons. The monoisotopic (exact) mass is 296 g/mol. The summed E-state index contributed by atoms with van der Waals surface area (Å²) in [5, 5.41) is 9.22. The SMILES string of the molecule is CCC(C(=O)O)N(C)C1CC(=O)N(C2CCCCC2)C1=O. The van der Waals surface area contributed by atoms with Crippen LogP contribution in [0.4, 0.5) is 0 Å². The predicted molar refractivity (Wildman–Crippen MR) is 76.6 cm³/mol. The lowest BCUT2D eigenvalue weighted by atomic mass is 9.94. The number of likely N-dealkylation sites (N-methyl/N-ethyl adjacent to an activating group) is 1. The average molecular weight is 296 g/mol. The molecule has 2 atom stereocenters. The van der Waals surface area contributed by atoms with Crippen molar-refractivity contribution in [2.45, 2.75) is 70.0 Å². The average Bonchev–Trinajstić information content (AvgIpc) is 2.75. The molecule has 0 aromatic rings. The van der Waals surface area contributed by atoms with Crippen LogP contribution >= 0.6 is 0 Å². The summed E-state index contributed by atoms with van der Waals surface area (Å²) in [7, 11) is 1.63. The van der Waals surface area contributed by atoms with Gasteiger partial charge < -0.3 is 5.11 Å². The molecule has 0 spiro atoms. The molecule has 0 aromatic heterocycles. The molecule has 1 aliphatic heterocycles. The number of hydrogen-bond acceptors (Lipinski definition) is 4. The Kier molecular flexibility index (Phi) is 4.98. The molecule has 0 aromatic carbocycles. The van der Waals surface area contributed by atoms with Crippen molar-refractivity contribution >= 4 is 17.8 Å². The standard InChI is InChI=1S/C15H24N2O4/c1-3-11(15(20)21)16(2)12-9-13(18)17(14(12)19)10-7-5-4-6-8-10/h10-12H,3-9H2,1-2H3,(H,20,21). The van der Waals surface area contributed by atoms with Crippen molar-refractivity contribution in [3.05, 3.63) is 0 Å². The molecule has 6 nitrogen and oxygen atoms in total. The lowest BCUT2D eigenvalue weighted by Gasteiger charge is -2.31. The second-order valence-electron chi connectivity index (χ2n) is 6.04. The number of aliphatic carboxylic acids is 1. The number of hydrogen-bond donors (Lipinski definition) is 1. The van der Waals surface area contributed by atoms with E-state index in [0.29, 0.717) is 6.42 Å². The number of amides is 2. The van der Waals surface area contributed by atoms with Crippen molar-refractivity contribution in [1.82, 2.24) is 9.80 Å². The third kappa shape index (κ3) is 3.10. The maximum atomic E-state index is 12.6. The van der Waals surface area contributed by atoms with E-state index in [2.05, 4.69) is 0 Å². The molecular weight excluding hydrogens is 272 g/mol. The minimum absolute atomic E-state index is 0.0158. The van der Waals surface area contributed by atoms with E-state index >= 15 is 0 Å². The molecule has 1 heterocycles. The second-order valence-corrected chi connectivity index (χ2v) is 6.04. The fraction of sp³-hybridized carbons (Fsp3) is 0.800. The normalized spacial score (nSPS) is 25.7. The van der Waals surface area contributed by atoms with E-state index in [1.807, 2.05) is 0 Å². The molecule has 2 unspecified atom stereocenters. The van der Waals surface area contributed by atoms with E-state index in [-0.39, 0.29) is 24.3 Å². The fourth-order valence-electron chi connectivity index (χ4n) is 3.53. The second kappa shape index (κ2) is 6.56. The smallest absolute Gasteiger partial charge is 0.320 e. The van der Waals surface area contributed by atoms with Crippen LogP contribution in [0.5, 0.6) is 0 Å². The van der Waals surface area contributed by atoms with Crippen molar-refractivity contribution in [3.8, 4) is 0 Å². The Balaban J connectivity index is 2.11. The molecule has 1 N–H and O–H groups in total. The number of carbonyl (C=O) groups is 3. The molecule has 1 saturated carbocycles. The zero-order chi connectivity index (χ0) is 15.6. The van der Waals surface area contributed by atoms with E-state index in [0.717, 1.165) is 32.1 Å². The maximum absolute atomic E-state index is 12.6. The maximum Gasteiger partial charge on any atom is 0.320 e. The summed E-state index contributed by atoms with van der Waals surface area (Å²) in [4.78, 5) is 39.0. The summed E-state index contributed by atoms with van der Waals surface area (Å²) in [5.41, 5.74) is 0. The molecule has 21 heavy (non-hydrogen) atoms. The van der Waals surface area contributed by atoms with Gasteiger partial charge in [0.15, 0.2) is 0 Å². The van der Waals surface area contributed by atoms with Gasteiger partial charge in [0.05, 0.1) is 12.5 Å². The van der Waals surface area contributed by atoms with Gasteiger partial charge in [-0.05, 0) is 26.3 Å². The van der Waals surface area contributed by atoms with Crippen molar-refractivity contribution in [2.24, 2.45) is 0 Å². The summed E-state index contributed by atoms with van der Waals surface area (Å²) in [6.07, 6.45) is 5.54. The van der Waals surface area contributed by atoms with Crippen LogP contribution in [0, 0.1) is 0 Å². The number of carboxylic acids is 1. The Bertz CT molecular complexity index is 431. The summed E-state index contributed by atoms with van der Waals surface area (Å²) in [6, 6.07) is -1.33. The van der Waals surface area contributed by atoms with Gasteiger partial charge in [0.25, 0.3) is 0 Å². The molecule has 2 rings (SSSR count).